The minimum absolute atomic E-state index is 0. The lowest BCUT2D eigenvalue weighted by Gasteiger charge is -2.30. The minimum atomic E-state index is -3.42. The quantitative estimate of drug-likeness (QED) is 0.843. The van der Waals surface area contributed by atoms with Crippen LogP contribution in [0.15, 0.2) is 21.7 Å². The van der Waals surface area contributed by atoms with E-state index in [1.54, 1.807) is 17.5 Å². The van der Waals surface area contributed by atoms with Crippen LogP contribution in [0.4, 0.5) is 0 Å². The van der Waals surface area contributed by atoms with Crippen LogP contribution in [-0.2, 0) is 10.0 Å². The second-order valence-electron chi connectivity index (χ2n) is 3.73. The summed E-state index contributed by atoms with van der Waals surface area (Å²) in [4.78, 5) is 0. The van der Waals surface area contributed by atoms with Crippen molar-refractivity contribution in [3.8, 4) is 0 Å². The van der Waals surface area contributed by atoms with E-state index < -0.39 is 15.6 Å². The predicted octanol–water partition coefficient (Wildman–Crippen LogP) is 1.97. The van der Waals surface area contributed by atoms with E-state index in [4.69, 9.17) is 5.73 Å². The fourth-order valence-corrected chi connectivity index (χ4v) is 4.02. The number of hydrogen-bond acceptors (Lipinski definition) is 4. The molecule has 0 spiro atoms. The number of nitrogens with two attached hydrogens (primary N) is 1. The highest BCUT2D eigenvalue weighted by molar-refractivity contribution is 7.91. The van der Waals surface area contributed by atoms with E-state index in [1.807, 2.05) is 13.8 Å². The molecule has 100 valence electrons. The predicted molar refractivity (Wildman–Crippen MR) is 74.3 cm³/mol. The fourth-order valence-electron chi connectivity index (χ4n) is 1.48. The summed E-state index contributed by atoms with van der Waals surface area (Å²) in [6, 6.07) is 3.32. The molecule has 0 bridgehead atoms. The Hall–Kier alpha value is -0.140. The first-order chi connectivity index (χ1) is 7.49. The van der Waals surface area contributed by atoms with Crippen LogP contribution in [0.1, 0.15) is 26.7 Å². The maximum atomic E-state index is 12.0. The van der Waals surface area contributed by atoms with Crippen molar-refractivity contribution in [3.05, 3.63) is 17.5 Å². The molecule has 1 heterocycles. The molecule has 17 heavy (non-hydrogen) atoms. The van der Waals surface area contributed by atoms with Crippen molar-refractivity contribution in [2.75, 3.05) is 6.54 Å². The second-order valence-corrected chi connectivity index (χ2v) is 6.59. The first kappa shape index (κ1) is 16.9. The summed E-state index contributed by atoms with van der Waals surface area (Å²) in [5.74, 6) is 0. The molecule has 0 unspecified atom stereocenters. The minimum Gasteiger partial charge on any atom is -0.329 e. The van der Waals surface area contributed by atoms with E-state index in [1.165, 1.54) is 11.3 Å². The molecule has 1 rings (SSSR count). The molecular weight excluding hydrogens is 280 g/mol. The number of sulfonamides is 1. The third kappa shape index (κ3) is 3.93. The first-order valence-corrected chi connectivity index (χ1v) is 7.63. The SMILES string of the molecule is CCC(CC)(CN)NS(=O)(=O)c1cccs1.Cl. The highest BCUT2D eigenvalue weighted by atomic mass is 35.5. The van der Waals surface area contributed by atoms with Crippen molar-refractivity contribution < 1.29 is 8.42 Å². The van der Waals surface area contributed by atoms with E-state index in [0.29, 0.717) is 23.6 Å². The number of nitrogens with one attached hydrogen (secondary N) is 1. The van der Waals surface area contributed by atoms with Gasteiger partial charge in [-0.15, -0.1) is 23.7 Å². The summed E-state index contributed by atoms with van der Waals surface area (Å²) in [6.45, 7) is 4.19. The van der Waals surface area contributed by atoms with Gasteiger partial charge in [0, 0.05) is 12.1 Å². The summed E-state index contributed by atoms with van der Waals surface area (Å²) in [7, 11) is -3.42. The Morgan fingerprint density at radius 2 is 2.00 bits per heavy atom. The van der Waals surface area contributed by atoms with E-state index in [9.17, 15) is 8.42 Å². The highest BCUT2D eigenvalue weighted by Crippen LogP contribution is 2.21. The van der Waals surface area contributed by atoms with Crippen LogP contribution in [0.2, 0.25) is 0 Å². The molecule has 0 aromatic carbocycles. The van der Waals surface area contributed by atoms with Gasteiger partial charge < -0.3 is 5.73 Å². The van der Waals surface area contributed by atoms with Crippen molar-refractivity contribution in [2.24, 2.45) is 5.73 Å². The Morgan fingerprint density at radius 3 is 2.35 bits per heavy atom. The van der Waals surface area contributed by atoms with Gasteiger partial charge in [0.1, 0.15) is 4.21 Å². The van der Waals surface area contributed by atoms with Crippen molar-refractivity contribution in [1.82, 2.24) is 4.72 Å². The average molecular weight is 299 g/mol. The van der Waals surface area contributed by atoms with Crippen molar-refractivity contribution in [1.29, 1.82) is 0 Å². The van der Waals surface area contributed by atoms with Gasteiger partial charge in [-0.1, -0.05) is 19.9 Å². The lowest BCUT2D eigenvalue weighted by atomic mass is 9.95. The molecule has 3 N–H and O–H groups in total. The van der Waals surface area contributed by atoms with Crippen molar-refractivity contribution in [3.63, 3.8) is 0 Å². The number of hydrogen-bond donors (Lipinski definition) is 2. The number of thiophene rings is 1. The van der Waals surface area contributed by atoms with Crippen LogP contribution in [-0.4, -0.2) is 20.5 Å². The van der Waals surface area contributed by atoms with E-state index >= 15 is 0 Å². The van der Waals surface area contributed by atoms with Gasteiger partial charge in [0.2, 0.25) is 0 Å². The van der Waals surface area contributed by atoms with Crippen LogP contribution in [0.3, 0.4) is 0 Å². The van der Waals surface area contributed by atoms with Crippen LogP contribution in [0.25, 0.3) is 0 Å². The van der Waals surface area contributed by atoms with Crippen LogP contribution in [0, 0.1) is 0 Å². The maximum Gasteiger partial charge on any atom is 0.250 e. The molecule has 0 fully saturated rings. The molecule has 0 amide bonds. The summed E-state index contributed by atoms with van der Waals surface area (Å²) < 4.78 is 27.1. The van der Waals surface area contributed by atoms with Crippen molar-refractivity contribution >= 4 is 33.8 Å². The Balaban J connectivity index is 0.00000256. The van der Waals surface area contributed by atoms with Crippen LogP contribution in [0.5, 0.6) is 0 Å². The summed E-state index contributed by atoms with van der Waals surface area (Å²) in [5.41, 5.74) is 5.14. The molecule has 0 aliphatic rings. The summed E-state index contributed by atoms with van der Waals surface area (Å²) in [5, 5.41) is 1.75. The Kier molecular flexibility index (Phi) is 6.65. The van der Waals surface area contributed by atoms with Gasteiger partial charge in [0.15, 0.2) is 0 Å². The Bertz CT molecular complexity index is 405. The van der Waals surface area contributed by atoms with Crippen LogP contribution >= 0.6 is 23.7 Å². The van der Waals surface area contributed by atoms with E-state index in [0.717, 1.165) is 0 Å². The zero-order valence-corrected chi connectivity index (χ0v) is 12.4. The lowest BCUT2D eigenvalue weighted by Crippen LogP contribution is -2.52. The molecule has 0 saturated carbocycles. The molecule has 0 aliphatic heterocycles. The zero-order chi connectivity index (χ0) is 12.2. The van der Waals surface area contributed by atoms with Gasteiger partial charge >= 0.3 is 0 Å². The molecule has 1 aromatic heterocycles. The second kappa shape index (κ2) is 6.70. The van der Waals surface area contributed by atoms with Gasteiger partial charge in [0.05, 0.1) is 0 Å². The van der Waals surface area contributed by atoms with Gasteiger partial charge in [-0.25, -0.2) is 13.1 Å². The molecule has 1 aromatic rings. The zero-order valence-electron chi connectivity index (χ0n) is 9.97. The average Bonchev–Trinajstić information content (AvgIpc) is 2.80. The smallest absolute Gasteiger partial charge is 0.250 e. The topological polar surface area (TPSA) is 72.2 Å². The molecule has 0 aliphatic carbocycles. The number of halogens is 1. The third-order valence-electron chi connectivity index (χ3n) is 2.86. The molecule has 4 nitrogen and oxygen atoms in total. The fraction of sp³-hybridized carbons (Fsp3) is 0.600. The van der Waals surface area contributed by atoms with Crippen molar-refractivity contribution in [2.45, 2.75) is 36.4 Å². The van der Waals surface area contributed by atoms with Gasteiger partial charge in [-0.2, -0.15) is 0 Å². The molecule has 0 atom stereocenters. The molecular formula is C10H19ClN2O2S2. The maximum absolute atomic E-state index is 12.0. The van der Waals surface area contributed by atoms with Crippen LogP contribution < -0.4 is 10.5 Å². The molecule has 7 heteroatoms. The number of rotatable bonds is 6. The Labute approximate surface area is 113 Å². The normalized spacial score (nSPS) is 12.2. The van der Waals surface area contributed by atoms with Gasteiger partial charge in [-0.05, 0) is 24.3 Å². The Morgan fingerprint density at radius 1 is 1.41 bits per heavy atom. The highest BCUT2D eigenvalue weighted by Gasteiger charge is 2.31. The first-order valence-electron chi connectivity index (χ1n) is 5.27. The monoisotopic (exact) mass is 298 g/mol. The standard InChI is InChI=1S/C10H18N2O2S2.ClH/c1-3-10(4-2,8-11)12-16(13,14)9-6-5-7-15-9;/h5-7,12H,3-4,8,11H2,1-2H3;1H. The molecule has 0 saturated heterocycles. The largest absolute Gasteiger partial charge is 0.329 e. The third-order valence-corrected chi connectivity index (χ3v) is 5.83. The summed E-state index contributed by atoms with van der Waals surface area (Å²) >= 11 is 1.21. The van der Waals surface area contributed by atoms with E-state index in [-0.39, 0.29) is 12.4 Å². The lowest BCUT2D eigenvalue weighted by molar-refractivity contribution is 0.363. The summed E-state index contributed by atoms with van der Waals surface area (Å²) in [6.07, 6.45) is 1.37. The van der Waals surface area contributed by atoms with E-state index in [2.05, 4.69) is 4.72 Å². The molecule has 0 radical (unpaired) electrons. The van der Waals surface area contributed by atoms with Gasteiger partial charge in [0.25, 0.3) is 10.0 Å². The van der Waals surface area contributed by atoms with Gasteiger partial charge in [-0.3, -0.25) is 0 Å².